The summed E-state index contributed by atoms with van der Waals surface area (Å²) in [6, 6.07) is 0. The van der Waals surface area contributed by atoms with Crippen molar-refractivity contribution in [2.24, 2.45) is 5.73 Å². The Hall–Kier alpha value is -1.28. The zero-order valence-electron chi connectivity index (χ0n) is 29.6. The highest BCUT2D eigenvalue weighted by atomic mass is 31.2. The number of rotatable bonds is 35. The van der Waals surface area contributed by atoms with Gasteiger partial charge in [-0.1, -0.05) is 140 Å². The Balaban J connectivity index is 4.13. The molecule has 0 aromatic rings. The van der Waals surface area contributed by atoms with Crippen molar-refractivity contribution in [1.82, 2.24) is 0 Å². The number of carbonyl (C=O) groups excluding carboxylic acids is 1. The van der Waals surface area contributed by atoms with Crippen molar-refractivity contribution in [3.05, 3.63) is 36.5 Å². The number of hydrogen-bond acceptors (Lipinski definition) is 7. The van der Waals surface area contributed by atoms with Gasteiger partial charge in [-0.2, -0.15) is 0 Å². The Morgan fingerprint density at radius 1 is 0.674 bits per heavy atom. The molecule has 0 rings (SSSR count). The van der Waals surface area contributed by atoms with Crippen molar-refractivity contribution >= 4 is 13.8 Å². The van der Waals surface area contributed by atoms with Crippen molar-refractivity contribution in [3.63, 3.8) is 0 Å². The zero-order chi connectivity index (χ0) is 33.8. The van der Waals surface area contributed by atoms with Crippen LogP contribution in [0.1, 0.15) is 155 Å². The molecule has 0 amide bonds. The molecule has 2 atom stereocenters. The van der Waals surface area contributed by atoms with Gasteiger partial charge in [0.2, 0.25) is 0 Å². The van der Waals surface area contributed by atoms with Crippen molar-refractivity contribution in [2.75, 3.05) is 33.0 Å². The summed E-state index contributed by atoms with van der Waals surface area (Å²) in [6.07, 6.45) is 37.2. The van der Waals surface area contributed by atoms with Crippen LogP contribution >= 0.6 is 7.82 Å². The van der Waals surface area contributed by atoms with E-state index in [1.54, 1.807) is 0 Å². The SMILES string of the molecule is CC/C=C\C/C=C\C/C=C\CCCCCCCC(=O)OC(COCCCCCCCCCCCCCC)COP(=O)(O)OCCN. The number of carbonyl (C=O) groups is 1. The first-order valence-corrected chi connectivity index (χ1v) is 20.0. The number of phosphoric acid groups is 1. The average Bonchev–Trinajstić information content (AvgIpc) is 3.04. The summed E-state index contributed by atoms with van der Waals surface area (Å²) in [7, 11) is -4.27. The van der Waals surface area contributed by atoms with Crippen molar-refractivity contribution in [1.29, 1.82) is 0 Å². The summed E-state index contributed by atoms with van der Waals surface area (Å²) < 4.78 is 33.2. The van der Waals surface area contributed by atoms with Gasteiger partial charge in [-0.05, 0) is 44.9 Å². The first-order chi connectivity index (χ1) is 22.4. The summed E-state index contributed by atoms with van der Waals surface area (Å²) in [4.78, 5) is 22.3. The molecule has 0 heterocycles. The molecule has 0 saturated carbocycles. The van der Waals surface area contributed by atoms with Crippen LogP contribution in [-0.4, -0.2) is 49.9 Å². The molecule has 8 nitrogen and oxygen atoms in total. The minimum absolute atomic E-state index is 0.0974. The van der Waals surface area contributed by atoms with Crippen LogP contribution in [0.2, 0.25) is 0 Å². The fourth-order valence-electron chi connectivity index (χ4n) is 4.89. The molecule has 0 aromatic heterocycles. The van der Waals surface area contributed by atoms with Gasteiger partial charge in [0.05, 0.1) is 19.8 Å². The molecule has 0 radical (unpaired) electrons. The number of phosphoric ester groups is 1. The number of hydrogen-bond donors (Lipinski definition) is 2. The van der Waals surface area contributed by atoms with Gasteiger partial charge in [-0.3, -0.25) is 13.8 Å². The summed E-state index contributed by atoms with van der Waals surface area (Å²) >= 11 is 0. The van der Waals surface area contributed by atoms with Gasteiger partial charge >= 0.3 is 13.8 Å². The van der Waals surface area contributed by atoms with Crippen LogP contribution in [0.5, 0.6) is 0 Å². The number of ether oxygens (including phenoxy) is 2. The topological polar surface area (TPSA) is 117 Å². The molecule has 0 aliphatic carbocycles. The highest BCUT2D eigenvalue weighted by Crippen LogP contribution is 2.43. The van der Waals surface area contributed by atoms with Crippen LogP contribution in [0.3, 0.4) is 0 Å². The lowest BCUT2D eigenvalue weighted by molar-refractivity contribution is -0.154. The minimum atomic E-state index is -4.27. The summed E-state index contributed by atoms with van der Waals surface area (Å²) in [5.41, 5.74) is 5.34. The third kappa shape index (κ3) is 34.1. The van der Waals surface area contributed by atoms with E-state index in [0.29, 0.717) is 13.0 Å². The molecule has 3 N–H and O–H groups in total. The maximum Gasteiger partial charge on any atom is 0.472 e. The van der Waals surface area contributed by atoms with Crippen LogP contribution in [0, 0.1) is 0 Å². The molecule has 0 spiro atoms. The molecule has 46 heavy (non-hydrogen) atoms. The van der Waals surface area contributed by atoms with Crippen molar-refractivity contribution in [2.45, 2.75) is 161 Å². The van der Waals surface area contributed by atoms with E-state index in [2.05, 4.69) is 50.3 Å². The Bertz CT molecular complexity index is 803. The molecule has 9 heteroatoms. The monoisotopic (exact) mass is 671 g/mol. The Morgan fingerprint density at radius 3 is 1.83 bits per heavy atom. The van der Waals surface area contributed by atoms with E-state index in [1.807, 2.05) is 0 Å². The minimum Gasteiger partial charge on any atom is -0.457 e. The first-order valence-electron chi connectivity index (χ1n) is 18.5. The quantitative estimate of drug-likeness (QED) is 0.0296. The van der Waals surface area contributed by atoms with E-state index in [9.17, 15) is 14.3 Å². The molecule has 0 fully saturated rings. The standard InChI is InChI=1S/C37H70NO7P/c1-3-5-7-9-11-13-15-17-18-19-20-22-24-26-28-30-37(39)45-36(35-44-46(40,41)43-33-31-38)34-42-32-29-27-25-23-21-16-14-12-10-8-6-4-2/h5,7,11,13,17-18,36H,3-4,6,8-10,12,14-16,19-35,38H2,1-2H3,(H,40,41)/b7-5-,13-11-,18-17-. The maximum absolute atomic E-state index is 12.5. The van der Waals surface area contributed by atoms with Gasteiger partial charge in [-0.25, -0.2) is 4.57 Å². The molecule has 0 aromatic carbocycles. The number of allylic oxidation sites excluding steroid dienone is 6. The van der Waals surface area contributed by atoms with Gasteiger partial charge in [0, 0.05) is 19.6 Å². The molecule has 0 bridgehead atoms. The van der Waals surface area contributed by atoms with Crippen molar-refractivity contribution in [3.8, 4) is 0 Å². The smallest absolute Gasteiger partial charge is 0.457 e. The van der Waals surface area contributed by atoms with Crippen LogP contribution in [0.25, 0.3) is 0 Å². The summed E-state index contributed by atoms with van der Waals surface area (Å²) in [5.74, 6) is -0.348. The first kappa shape index (κ1) is 44.7. The third-order valence-electron chi connectivity index (χ3n) is 7.57. The van der Waals surface area contributed by atoms with E-state index >= 15 is 0 Å². The Morgan fingerprint density at radius 2 is 1.22 bits per heavy atom. The summed E-state index contributed by atoms with van der Waals surface area (Å²) in [5, 5.41) is 0. The molecular formula is C37H70NO7P. The van der Waals surface area contributed by atoms with Gasteiger partial charge in [0.15, 0.2) is 0 Å². The highest BCUT2D eigenvalue weighted by Gasteiger charge is 2.25. The highest BCUT2D eigenvalue weighted by molar-refractivity contribution is 7.47. The molecule has 270 valence electrons. The largest absolute Gasteiger partial charge is 0.472 e. The second-order valence-corrected chi connectivity index (χ2v) is 13.5. The van der Waals surface area contributed by atoms with Crippen LogP contribution < -0.4 is 5.73 Å². The van der Waals surface area contributed by atoms with Crippen LogP contribution in [0.15, 0.2) is 36.5 Å². The summed E-state index contributed by atoms with van der Waals surface area (Å²) in [6.45, 7) is 4.78. The lowest BCUT2D eigenvalue weighted by Crippen LogP contribution is -2.28. The predicted molar refractivity (Wildman–Crippen MR) is 192 cm³/mol. The molecule has 0 aliphatic rings. The van der Waals surface area contributed by atoms with Crippen LogP contribution in [-0.2, 0) is 27.9 Å². The maximum atomic E-state index is 12.5. The van der Waals surface area contributed by atoms with Gasteiger partial charge in [-0.15, -0.1) is 0 Å². The van der Waals surface area contributed by atoms with E-state index in [1.165, 1.54) is 64.2 Å². The lowest BCUT2D eigenvalue weighted by atomic mass is 10.1. The number of esters is 1. The average molecular weight is 672 g/mol. The Labute approximate surface area is 282 Å². The number of unbranched alkanes of at least 4 members (excludes halogenated alkanes) is 16. The second-order valence-electron chi connectivity index (χ2n) is 12.1. The fourth-order valence-corrected chi connectivity index (χ4v) is 5.66. The van der Waals surface area contributed by atoms with Crippen molar-refractivity contribution < 1.29 is 32.8 Å². The van der Waals surface area contributed by atoms with E-state index < -0.39 is 13.9 Å². The van der Waals surface area contributed by atoms with E-state index in [0.717, 1.165) is 70.6 Å². The van der Waals surface area contributed by atoms with Gasteiger partial charge < -0.3 is 20.1 Å². The predicted octanol–water partition coefficient (Wildman–Crippen LogP) is 10.3. The van der Waals surface area contributed by atoms with Gasteiger partial charge in [0.1, 0.15) is 6.10 Å². The van der Waals surface area contributed by atoms with Crippen LogP contribution in [0.4, 0.5) is 0 Å². The van der Waals surface area contributed by atoms with E-state index in [-0.39, 0.29) is 32.3 Å². The second kappa shape index (κ2) is 35.0. The molecule has 0 saturated heterocycles. The van der Waals surface area contributed by atoms with E-state index in [4.69, 9.17) is 24.3 Å². The Kier molecular flexibility index (Phi) is 34.1. The lowest BCUT2D eigenvalue weighted by Gasteiger charge is -2.20. The molecule has 0 aliphatic heterocycles. The molecular weight excluding hydrogens is 601 g/mol. The zero-order valence-corrected chi connectivity index (χ0v) is 30.4. The molecule has 2 unspecified atom stereocenters. The van der Waals surface area contributed by atoms with Gasteiger partial charge in [0.25, 0.3) is 0 Å². The fraction of sp³-hybridized carbons (Fsp3) is 0.811. The normalized spacial score (nSPS) is 14.1. The number of nitrogens with two attached hydrogens (primary N) is 1. The third-order valence-corrected chi connectivity index (χ3v) is 8.56.